The van der Waals surface area contributed by atoms with E-state index in [4.69, 9.17) is 10.3 Å². The van der Waals surface area contributed by atoms with Crippen molar-refractivity contribution in [2.45, 2.75) is 26.8 Å². The van der Waals surface area contributed by atoms with Crippen LogP contribution >= 0.6 is 0 Å². The number of carbonyl (C=O) groups is 2. The summed E-state index contributed by atoms with van der Waals surface area (Å²) >= 11 is 0. The summed E-state index contributed by atoms with van der Waals surface area (Å²) in [5, 5.41) is 0. The molecule has 23 heavy (non-hydrogen) atoms. The first-order valence-electron chi connectivity index (χ1n) is 7.18. The van der Waals surface area contributed by atoms with Crippen LogP contribution in [0.5, 0.6) is 0 Å². The van der Waals surface area contributed by atoms with Gasteiger partial charge in [0.15, 0.2) is 0 Å². The highest BCUT2D eigenvalue weighted by Gasteiger charge is 2.35. The van der Waals surface area contributed by atoms with Crippen molar-refractivity contribution in [3.05, 3.63) is 35.4 Å². The molecule has 0 aliphatic carbocycles. The molecule has 1 atom stereocenters. The number of hydrogen-bond donors (Lipinski definition) is 2. The minimum Gasteiger partial charge on any atom is -0.366 e. The average molecular weight is 342 g/mol. The summed E-state index contributed by atoms with van der Waals surface area (Å²) in [6.45, 7) is 6.18. The van der Waals surface area contributed by atoms with Crippen molar-refractivity contribution in [1.82, 2.24) is 4.90 Å². The molecular weight excluding hydrogens is 320 g/mol. The standard InChI is InChI=1S/C11H12N2O2.C4H10O3S/c1-7-6-13(7)11(15)9-5-3-2-4-8(9)10(12)14;1-4(2)3-8(5,6)7/h2-5,7H,6H2,1H3,(H2,12,14);4H,3H2,1-2H3,(H,5,6,7). The quantitative estimate of drug-likeness (QED) is 0.629. The van der Waals surface area contributed by atoms with Crippen molar-refractivity contribution in [3.63, 3.8) is 0 Å². The van der Waals surface area contributed by atoms with Gasteiger partial charge in [-0.1, -0.05) is 26.0 Å². The molecule has 3 N–H and O–H groups in total. The predicted molar refractivity (Wildman–Crippen MR) is 86.7 cm³/mol. The topological polar surface area (TPSA) is 118 Å². The number of primary amides is 1. The Labute approximate surface area is 136 Å². The van der Waals surface area contributed by atoms with Gasteiger partial charge >= 0.3 is 0 Å². The number of carbonyl (C=O) groups excluding carboxylic acids is 2. The molecular formula is C15H22N2O5S. The van der Waals surface area contributed by atoms with Gasteiger partial charge in [-0.15, -0.1) is 0 Å². The zero-order chi connectivity index (χ0) is 17.8. The SMILES string of the molecule is CC(C)CS(=O)(=O)O.CC1CN1C(=O)c1ccccc1C(N)=O. The Bertz CT molecular complexity index is 685. The van der Waals surface area contributed by atoms with Crippen molar-refractivity contribution in [2.75, 3.05) is 12.3 Å². The Morgan fingerprint density at radius 2 is 1.78 bits per heavy atom. The van der Waals surface area contributed by atoms with Crippen molar-refractivity contribution >= 4 is 21.9 Å². The highest BCUT2D eigenvalue weighted by molar-refractivity contribution is 7.85. The highest BCUT2D eigenvalue weighted by Crippen LogP contribution is 2.21. The lowest BCUT2D eigenvalue weighted by Gasteiger charge is -2.06. The van der Waals surface area contributed by atoms with Gasteiger partial charge < -0.3 is 10.6 Å². The van der Waals surface area contributed by atoms with Gasteiger partial charge in [0.25, 0.3) is 16.0 Å². The Kier molecular flexibility index (Phi) is 6.28. The Morgan fingerprint density at radius 3 is 2.09 bits per heavy atom. The van der Waals surface area contributed by atoms with E-state index in [0.717, 1.165) is 6.54 Å². The molecule has 7 nitrogen and oxygen atoms in total. The zero-order valence-electron chi connectivity index (χ0n) is 13.4. The summed E-state index contributed by atoms with van der Waals surface area (Å²) in [6.07, 6.45) is 0. The van der Waals surface area contributed by atoms with E-state index in [-0.39, 0.29) is 23.6 Å². The maximum Gasteiger partial charge on any atom is 0.265 e. The molecule has 0 radical (unpaired) electrons. The molecule has 1 unspecified atom stereocenters. The fraction of sp³-hybridized carbons (Fsp3) is 0.467. The van der Waals surface area contributed by atoms with Crippen LogP contribution in [0.4, 0.5) is 0 Å². The lowest BCUT2D eigenvalue weighted by molar-refractivity contribution is 0.0867. The number of rotatable bonds is 4. The normalized spacial score (nSPS) is 16.6. The third-order valence-electron chi connectivity index (χ3n) is 3.09. The lowest BCUT2D eigenvalue weighted by Crippen LogP contribution is -2.20. The molecule has 1 aromatic rings. The molecule has 0 aromatic heterocycles. The van der Waals surface area contributed by atoms with Crippen LogP contribution in [-0.2, 0) is 10.1 Å². The van der Waals surface area contributed by atoms with E-state index in [1.165, 1.54) is 0 Å². The first-order valence-corrected chi connectivity index (χ1v) is 8.78. The smallest absolute Gasteiger partial charge is 0.265 e. The van der Waals surface area contributed by atoms with Crippen molar-refractivity contribution in [2.24, 2.45) is 11.7 Å². The fourth-order valence-corrected chi connectivity index (χ4v) is 2.82. The fourth-order valence-electron chi connectivity index (χ4n) is 1.98. The molecule has 1 heterocycles. The molecule has 1 aliphatic rings. The Hall–Kier alpha value is -1.93. The number of amides is 2. The van der Waals surface area contributed by atoms with Crippen molar-refractivity contribution < 1.29 is 22.6 Å². The maximum atomic E-state index is 11.9. The summed E-state index contributed by atoms with van der Waals surface area (Å²) in [4.78, 5) is 24.7. The van der Waals surface area contributed by atoms with E-state index in [1.54, 1.807) is 43.0 Å². The molecule has 1 aromatic carbocycles. The van der Waals surface area contributed by atoms with E-state index in [2.05, 4.69) is 0 Å². The average Bonchev–Trinajstić information content (AvgIpc) is 3.13. The first kappa shape index (κ1) is 19.1. The molecule has 128 valence electrons. The van der Waals surface area contributed by atoms with E-state index in [1.807, 2.05) is 6.92 Å². The largest absolute Gasteiger partial charge is 0.366 e. The molecule has 0 bridgehead atoms. The Morgan fingerprint density at radius 1 is 1.30 bits per heavy atom. The Balaban J connectivity index is 0.000000284. The molecule has 1 fully saturated rings. The van der Waals surface area contributed by atoms with Gasteiger partial charge in [-0.3, -0.25) is 14.1 Å². The van der Waals surface area contributed by atoms with Gasteiger partial charge in [-0.25, -0.2) is 0 Å². The van der Waals surface area contributed by atoms with Crippen LogP contribution in [-0.4, -0.2) is 48.0 Å². The molecule has 1 saturated heterocycles. The predicted octanol–water partition coefficient (Wildman–Crippen LogP) is 1.16. The second-order valence-electron chi connectivity index (χ2n) is 5.86. The van der Waals surface area contributed by atoms with Gasteiger partial charge in [-0.05, 0) is 25.0 Å². The maximum absolute atomic E-state index is 11.9. The van der Waals surface area contributed by atoms with E-state index < -0.39 is 16.0 Å². The summed E-state index contributed by atoms with van der Waals surface area (Å²) in [7, 11) is -3.72. The second-order valence-corrected chi connectivity index (χ2v) is 7.36. The van der Waals surface area contributed by atoms with Gasteiger partial charge in [0.1, 0.15) is 0 Å². The summed E-state index contributed by atoms with van der Waals surface area (Å²) in [6, 6.07) is 6.91. The van der Waals surface area contributed by atoms with Crippen LogP contribution in [0.1, 0.15) is 41.5 Å². The third-order valence-corrected chi connectivity index (χ3v) is 4.18. The number of nitrogens with zero attached hydrogens (tertiary/aromatic N) is 1. The number of benzene rings is 1. The number of nitrogens with two attached hydrogens (primary N) is 1. The molecule has 0 saturated carbocycles. The molecule has 0 spiro atoms. The van der Waals surface area contributed by atoms with Crippen LogP contribution in [0.25, 0.3) is 0 Å². The molecule has 2 rings (SSSR count). The van der Waals surface area contributed by atoms with Crippen molar-refractivity contribution in [3.8, 4) is 0 Å². The third kappa shape index (κ3) is 6.37. The lowest BCUT2D eigenvalue weighted by atomic mass is 10.1. The van der Waals surface area contributed by atoms with Crippen LogP contribution in [0.2, 0.25) is 0 Å². The summed E-state index contributed by atoms with van der Waals surface area (Å²) < 4.78 is 28.2. The van der Waals surface area contributed by atoms with Gasteiger partial charge in [-0.2, -0.15) is 8.42 Å². The van der Waals surface area contributed by atoms with E-state index in [9.17, 15) is 18.0 Å². The van der Waals surface area contributed by atoms with Crippen LogP contribution in [0, 0.1) is 5.92 Å². The minimum absolute atomic E-state index is 0.00463. The molecule has 1 aliphatic heterocycles. The van der Waals surface area contributed by atoms with Crippen LogP contribution in [0.3, 0.4) is 0 Å². The monoisotopic (exact) mass is 342 g/mol. The zero-order valence-corrected chi connectivity index (χ0v) is 14.2. The van der Waals surface area contributed by atoms with Gasteiger partial charge in [0.05, 0.1) is 16.9 Å². The van der Waals surface area contributed by atoms with Crippen LogP contribution in [0.15, 0.2) is 24.3 Å². The second kappa shape index (κ2) is 7.56. The summed E-state index contributed by atoms with van der Waals surface area (Å²) in [5.41, 5.74) is 5.89. The molecule has 8 heteroatoms. The highest BCUT2D eigenvalue weighted by atomic mass is 32.2. The first-order chi connectivity index (χ1) is 10.5. The van der Waals surface area contributed by atoms with Gasteiger partial charge in [0.2, 0.25) is 5.91 Å². The van der Waals surface area contributed by atoms with E-state index >= 15 is 0 Å². The number of hydrogen-bond acceptors (Lipinski definition) is 4. The summed E-state index contributed by atoms with van der Waals surface area (Å²) in [5.74, 6) is -0.817. The molecule has 2 amide bonds. The van der Waals surface area contributed by atoms with Crippen LogP contribution < -0.4 is 5.73 Å². The van der Waals surface area contributed by atoms with E-state index in [0.29, 0.717) is 11.1 Å². The van der Waals surface area contributed by atoms with Crippen molar-refractivity contribution in [1.29, 1.82) is 0 Å². The minimum atomic E-state index is -3.72. The van der Waals surface area contributed by atoms with Gasteiger partial charge in [0, 0.05) is 12.6 Å².